The number of rotatable bonds is 7. The Morgan fingerprint density at radius 2 is 2.04 bits per heavy atom. The number of hydrogen-bond acceptors (Lipinski definition) is 4. The second kappa shape index (κ2) is 8.58. The third-order valence-corrected chi connectivity index (χ3v) is 4.58. The highest BCUT2D eigenvalue weighted by atomic mass is 16.5. The highest BCUT2D eigenvalue weighted by Crippen LogP contribution is 2.31. The minimum absolute atomic E-state index is 0.0239. The van der Waals surface area contributed by atoms with Crippen LogP contribution in [0.2, 0.25) is 0 Å². The Morgan fingerprint density at radius 1 is 1.22 bits per heavy atom. The number of fused-ring (bicyclic) bond motifs is 1. The molecule has 2 amide bonds. The quantitative estimate of drug-likeness (QED) is 0.782. The molecule has 0 fully saturated rings. The Hall–Kier alpha value is -3.02. The molecule has 0 saturated heterocycles. The topological polar surface area (TPSA) is 76.7 Å². The number of carbonyl (C=O) groups is 2. The molecule has 0 aromatic heterocycles. The second-order valence-corrected chi connectivity index (χ2v) is 6.43. The molecule has 27 heavy (non-hydrogen) atoms. The van der Waals surface area contributed by atoms with Crippen LogP contribution < -0.4 is 20.1 Å². The molecule has 3 rings (SSSR count). The SMILES string of the molecule is CCOc1ccc(NC(=O)CCC2Cc3ccccc3NC2=O)cc1OC. The lowest BCUT2D eigenvalue weighted by Crippen LogP contribution is -2.30. The van der Waals surface area contributed by atoms with Crippen LogP contribution in [-0.2, 0) is 16.0 Å². The molecule has 6 heteroatoms. The number of nitrogens with one attached hydrogen (secondary N) is 2. The Balaban J connectivity index is 1.56. The molecule has 0 saturated carbocycles. The van der Waals surface area contributed by atoms with E-state index in [1.807, 2.05) is 31.2 Å². The largest absolute Gasteiger partial charge is 0.493 e. The summed E-state index contributed by atoms with van der Waals surface area (Å²) in [6, 6.07) is 13.0. The zero-order valence-electron chi connectivity index (χ0n) is 15.6. The van der Waals surface area contributed by atoms with E-state index in [1.54, 1.807) is 25.3 Å². The summed E-state index contributed by atoms with van der Waals surface area (Å²) < 4.78 is 10.8. The number of para-hydroxylation sites is 1. The Bertz CT molecular complexity index is 835. The predicted octanol–water partition coefficient (Wildman–Crippen LogP) is 3.62. The number of methoxy groups -OCH3 is 1. The normalized spacial score (nSPS) is 15.5. The standard InChI is InChI=1S/C21H24N2O4/c1-3-27-18-10-9-16(13-19(18)26-2)22-20(24)11-8-15-12-14-6-4-5-7-17(14)23-21(15)25/h4-7,9-10,13,15H,3,8,11-12H2,1-2H3,(H,22,24)(H,23,25). The van der Waals surface area contributed by atoms with Gasteiger partial charge in [-0.25, -0.2) is 0 Å². The summed E-state index contributed by atoms with van der Waals surface area (Å²) in [7, 11) is 1.56. The first-order valence-electron chi connectivity index (χ1n) is 9.10. The van der Waals surface area contributed by atoms with Gasteiger partial charge in [0.15, 0.2) is 11.5 Å². The maximum Gasteiger partial charge on any atom is 0.227 e. The molecule has 142 valence electrons. The average Bonchev–Trinajstić information content (AvgIpc) is 2.67. The molecule has 1 aliphatic rings. The van der Waals surface area contributed by atoms with Crippen LogP contribution in [0.1, 0.15) is 25.3 Å². The van der Waals surface area contributed by atoms with Crippen LogP contribution in [0.25, 0.3) is 0 Å². The Morgan fingerprint density at radius 3 is 2.81 bits per heavy atom. The van der Waals surface area contributed by atoms with Gasteiger partial charge in [0.1, 0.15) is 0 Å². The Labute approximate surface area is 158 Å². The fourth-order valence-corrected chi connectivity index (χ4v) is 3.20. The van der Waals surface area contributed by atoms with Gasteiger partial charge in [-0.3, -0.25) is 9.59 Å². The zero-order valence-corrected chi connectivity index (χ0v) is 15.6. The molecular weight excluding hydrogens is 344 g/mol. The van der Waals surface area contributed by atoms with E-state index >= 15 is 0 Å². The average molecular weight is 368 g/mol. The van der Waals surface area contributed by atoms with Gasteiger partial charge in [0, 0.05) is 29.8 Å². The fourth-order valence-electron chi connectivity index (χ4n) is 3.20. The molecule has 0 radical (unpaired) electrons. The highest BCUT2D eigenvalue weighted by Gasteiger charge is 2.26. The predicted molar refractivity (Wildman–Crippen MR) is 104 cm³/mol. The maximum atomic E-state index is 12.3. The molecule has 0 spiro atoms. The van der Waals surface area contributed by atoms with E-state index in [2.05, 4.69) is 10.6 Å². The third-order valence-electron chi connectivity index (χ3n) is 4.58. The van der Waals surface area contributed by atoms with Crippen molar-refractivity contribution in [3.05, 3.63) is 48.0 Å². The van der Waals surface area contributed by atoms with Crippen molar-refractivity contribution in [3.8, 4) is 11.5 Å². The van der Waals surface area contributed by atoms with Gasteiger partial charge in [-0.1, -0.05) is 18.2 Å². The summed E-state index contributed by atoms with van der Waals surface area (Å²) in [5, 5.41) is 5.77. The van der Waals surface area contributed by atoms with Gasteiger partial charge in [-0.2, -0.15) is 0 Å². The highest BCUT2D eigenvalue weighted by molar-refractivity contribution is 5.96. The van der Waals surface area contributed by atoms with Crippen molar-refractivity contribution < 1.29 is 19.1 Å². The maximum absolute atomic E-state index is 12.3. The van der Waals surface area contributed by atoms with Crippen LogP contribution in [0.5, 0.6) is 11.5 Å². The van der Waals surface area contributed by atoms with Gasteiger partial charge in [0.25, 0.3) is 0 Å². The van der Waals surface area contributed by atoms with Gasteiger partial charge in [0.2, 0.25) is 11.8 Å². The van der Waals surface area contributed by atoms with Crippen LogP contribution in [-0.4, -0.2) is 25.5 Å². The number of ether oxygens (including phenoxy) is 2. The molecule has 0 bridgehead atoms. The first kappa shape index (κ1) is 18.8. The van der Waals surface area contributed by atoms with E-state index < -0.39 is 0 Å². The van der Waals surface area contributed by atoms with Crippen molar-refractivity contribution in [2.24, 2.45) is 5.92 Å². The van der Waals surface area contributed by atoms with Gasteiger partial charge in [-0.05, 0) is 43.5 Å². The monoisotopic (exact) mass is 368 g/mol. The minimum atomic E-state index is -0.194. The zero-order chi connectivity index (χ0) is 19.2. The van der Waals surface area contributed by atoms with Crippen molar-refractivity contribution in [2.75, 3.05) is 24.4 Å². The number of carbonyl (C=O) groups excluding carboxylic acids is 2. The lowest BCUT2D eigenvalue weighted by Gasteiger charge is -2.24. The van der Waals surface area contributed by atoms with Crippen molar-refractivity contribution in [2.45, 2.75) is 26.2 Å². The first-order chi connectivity index (χ1) is 13.1. The van der Waals surface area contributed by atoms with E-state index in [-0.39, 0.29) is 24.2 Å². The van der Waals surface area contributed by atoms with Crippen molar-refractivity contribution in [1.82, 2.24) is 0 Å². The molecular formula is C21H24N2O4. The van der Waals surface area contributed by atoms with E-state index in [4.69, 9.17) is 9.47 Å². The lowest BCUT2D eigenvalue weighted by molar-refractivity contribution is -0.121. The van der Waals surface area contributed by atoms with Crippen LogP contribution in [0.4, 0.5) is 11.4 Å². The summed E-state index contributed by atoms with van der Waals surface area (Å²) in [5.41, 5.74) is 2.61. The first-order valence-corrected chi connectivity index (χ1v) is 9.10. The molecule has 2 aromatic carbocycles. The third kappa shape index (κ3) is 4.58. The van der Waals surface area contributed by atoms with E-state index in [1.165, 1.54) is 0 Å². The number of hydrogen-bond donors (Lipinski definition) is 2. The van der Waals surface area contributed by atoms with Gasteiger partial charge < -0.3 is 20.1 Å². The molecule has 1 aliphatic heterocycles. The van der Waals surface area contributed by atoms with Crippen molar-refractivity contribution >= 4 is 23.2 Å². The lowest BCUT2D eigenvalue weighted by atomic mass is 9.89. The van der Waals surface area contributed by atoms with Crippen LogP contribution in [0, 0.1) is 5.92 Å². The van der Waals surface area contributed by atoms with Crippen molar-refractivity contribution in [3.63, 3.8) is 0 Å². The molecule has 0 aliphatic carbocycles. The van der Waals surface area contributed by atoms with Gasteiger partial charge in [-0.15, -0.1) is 0 Å². The Kier molecular flexibility index (Phi) is 5.96. The second-order valence-electron chi connectivity index (χ2n) is 6.43. The smallest absolute Gasteiger partial charge is 0.227 e. The minimum Gasteiger partial charge on any atom is -0.493 e. The molecule has 1 atom stereocenters. The van der Waals surface area contributed by atoms with Crippen molar-refractivity contribution in [1.29, 1.82) is 0 Å². The van der Waals surface area contributed by atoms with Gasteiger partial charge >= 0.3 is 0 Å². The molecule has 1 heterocycles. The number of anilines is 2. The van der Waals surface area contributed by atoms with Gasteiger partial charge in [0.05, 0.1) is 13.7 Å². The summed E-state index contributed by atoms with van der Waals surface area (Å²) in [6.45, 7) is 2.43. The summed E-state index contributed by atoms with van der Waals surface area (Å²) in [4.78, 5) is 24.5. The molecule has 6 nitrogen and oxygen atoms in total. The number of benzene rings is 2. The number of amides is 2. The van der Waals surface area contributed by atoms with Crippen LogP contribution in [0.3, 0.4) is 0 Å². The molecule has 2 N–H and O–H groups in total. The van der Waals surface area contributed by atoms with Crippen LogP contribution >= 0.6 is 0 Å². The summed E-state index contributed by atoms with van der Waals surface area (Å²) >= 11 is 0. The fraction of sp³-hybridized carbons (Fsp3) is 0.333. The summed E-state index contributed by atoms with van der Waals surface area (Å²) in [6.07, 6.45) is 1.43. The van der Waals surface area contributed by atoms with E-state index in [0.29, 0.717) is 36.6 Å². The van der Waals surface area contributed by atoms with E-state index in [9.17, 15) is 9.59 Å². The molecule has 2 aromatic rings. The van der Waals surface area contributed by atoms with Crippen LogP contribution in [0.15, 0.2) is 42.5 Å². The summed E-state index contributed by atoms with van der Waals surface area (Å²) in [5.74, 6) is 0.853. The molecule has 1 unspecified atom stereocenters. The van der Waals surface area contributed by atoms with E-state index in [0.717, 1.165) is 11.3 Å².